The van der Waals surface area contributed by atoms with Gasteiger partial charge in [-0.05, 0) is 25.6 Å². The average molecular weight is 267 g/mol. The summed E-state index contributed by atoms with van der Waals surface area (Å²) < 4.78 is 17.2. The van der Waals surface area contributed by atoms with Crippen molar-refractivity contribution in [2.45, 2.75) is 44.8 Å². The van der Waals surface area contributed by atoms with Crippen molar-refractivity contribution < 1.29 is 13.9 Å². The van der Waals surface area contributed by atoms with Crippen LogP contribution in [0.4, 0.5) is 0 Å². The van der Waals surface area contributed by atoms with Crippen molar-refractivity contribution in [3.63, 3.8) is 0 Å². The number of likely N-dealkylation sites (N-methyl/N-ethyl adjacent to an activating group) is 1. The highest BCUT2D eigenvalue weighted by Gasteiger charge is 2.41. The highest BCUT2D eigenvalue weighted by atomic mass is 16.5. The first kappa shape index (κ1) is 14.6. The van der Waals surface area contributed by atoms with E-state index in [-0.39, 0.29) is 11.6 Å². The molecule has 1 aliphatic rings. The van der Waals surface area contributed by atoms with Crippen LogP contribution in [-0.4, -0.2) is 38.0 Å². The third-order valence-electron chi connectivity index (χ3n) is 3.84. The van der Waals surface area contributed by atoms with Gasteiger partial charge in [-0.3, -0.25) is 0 Å². The molecule has 0 aromatic carbocycles. The van der Waals surface area contributed by atoms with E-state index < -0.39 is 0 Å². The minimum atomic E-state index is -0.129. The van der Waals surface area contributed by atoms with Crippen LogP contribution in [0.1, 0.15) is 32.4 Å². The van der Waals surface area contributed by atoms with Crippen LogP contribution < -0.4 is 5.32 Å². The number of rotatable bonds is 7. The predicted octanol–water partition coefficient (Wildman–Crippen LogP) is 2.39. The maximum atomic E-state index is 6.15. The Balaban J connectivity index is 2.12. The highest BCUT2D eigenvalue weighted by molar-refractivity contribution is 5.06. The zero-order chi connectivity index (χ0) is 13.6. The van der Waals surface area contributed by atoms with E-state index in [1.807, 2.05) is 12.1 Å². The predicted molar refractivity (Wildman–Crippen MR) is 74.3 cm³/mol. The maximum absolute atomic E-state index is 6.15. The molecule has 1 aromatic heterocycles. The molecule has 1 saturated heterocycles. The van der Waals surface area contributed by atoms with Crippen LogP contribution in [0.5, 0.6) is 0 Å². The van der Waals surface area contributed by atoms with Gasteiger partial charge in [0.1, 0.15) is 5.76 Å². The van der Waals surface area contributed by atoms with Crippen molar-refractivity contribution in [1.29, 1.82) is 0 Å². The van der Waals surface area contributed by atoms with Gasteiger partial charge in [-0.25, -0.2) is 0 Å². The zero-order valence-electron chi connectivity index (χ0n) is 12.0. The van der Waals surface area contributed by atoms with Crippen LogP contribution in [0.2, 0.25) is 0 Å². The molecule has 2 heterocycles. The first-order valence-electron chi connectivity index (χ1n) is 7.28. The lowest BCUT2D eigenvalue weighted by Crippen LogP contribution is -2.56. The van der Waals surface area contributed by atoms with Gasteiger partial charge in [-0.1, -0.05) is 6.92 Å². The summed E-state index contributed by atoms with van der Waals surface area (Å²) in [5, 5.41) is 3.58. The number of nitrogens with one attached hydrogen (secondary N) is 1. The van der Waals surface area contributed by atoms with Gasteiger partial charge < -0.3 is 19.2 Å². The van der Waals surface area contributed by atoms with Crippen LogP contribution in [0.3, 0.4) is 0 Å². The van der Waals surface area contributed by atoms with Crippen molar-refractivity contribution in [3.8, 4) is 0 Å². The van der Waals surface area contributed by atoms with Crippen LogP contribution in [-0.2, 0) is 15.9 Å². The Kier molecular flexibility index (Phi) is 5.43. The maximum Gasteiger partial charge on any atom is 0.105 e. The second-order valence-corrected chi connectivity index (χ2v) is 5.00. The van der Waals surface area contributed by atoms with Gasteiger partial charge in [0, 0.05) is 45.1 Å². The van der Waals surface area contributed by atoms with E-state index in [4.69, 9.17) is 13.9 Å². The molecular formula is C15H25NO3. The largest absolute Gasteiger partial charge is 0.469 e. The van der Waals surface area contributed by atoms with Crippen molar-refractivity contribution in [2.75, 3.05) is 26.4 Å². The van der Waals surface area contributed by atoms with E-state index in [0.717, 1.165) is 51.4 Å². The summed E-state index contributed by atoms with van der Waals surface area (Å²) in [5.74, 6) is 1.01. The normalized spacial score (nSPS) is 20.3. The molecule has 1 N–H and O–H groups in total. The standard InChI is InChI=1S/C15H25NO3/c1-3-16-14(12-13-6-5-9-18-13)15(19-4-2)7-10-17-11-8-15/h5-6,9,14,16H,3-4,7-8,10-12H2,1-2H3. The van der Waals surface area contributed by atoms with E-state index in [1.165, 1.54) is 0 Å². The molecule has 1 fully saturated rings. The SMILES string of the molecule is CCNC(Cc1ccco1)C1(OCC)CCOCC1. The molecule has 1 atom stereocenters. The van der Waals surface area contributed by atoms with E-state index in [0.29, 0.717) is 0 Å². The quantitative estimate of drug-likeness (QED) is 0.824. The smallest absolute Gasteiger partial charge is 0.105 e. The summed E-state index contributed by atoms with van der Waals surface area (Å²) >= 11 is 0. The minimum absolute atomic E-state index is 0.129. The number of ether oxygens (including phenoxy) is 2. The topological polar surface area (TPSA) is 43.6 Å². The van der Waals surface area contributed by atoms with Gasteiger partial charge in [0.2, 0.25) is 0 Å². The molecule has 108 valence electrons. The van der Waals surface area contributed by atoms with Gasteiger partial charge in [0.25, 0.3) is 0 Å². The highest BCUT2D eigenvalue weighted by Crippen LogP contribution is 2.31. The number of furan rings is 1. The second kappa shape index (κ2) is 7.08. The van der Waals surface area contributed by atoms with E-state index in [1.54, 1.807) is 6.26 Å². The van der Waals surface area contributed by atoms with Crippen LogP contribution in [0.25, 0.3) is 0 Å². The number of hydrogen-bond donors (Lipinski definition) is 1. The molecule has 0 radical (unpaired) electrons. The summed E-state index contributed by atoms with van der Waals surface area (Å²) in [4.78, 5) is 0. The molecule has 19 heavy (non-hydrogen) atoms. The summed E-state index contributed by atoms with van der Waals surface area (Å²) in [6.45, 7) is 7.42. The molecule has 4 heteroatoms. The summed E-state index contributed by atoms with van der Waals surface area (Å²) in [6.07, 6.45) is 4.48. The molecule has 0 amide bonds. The van der Waals surface area contributed by atoms with Crippen molar-refractivity contribution in [3.05, 3.63) is 24.2 Å². The number of hydrogen-bond acceptors (Lipinski definition) is 4. The Bertz CT molecular complexity index is 339. The lowest BCUT2D eigenvalue weighted by molar-refractivity contribution is -0.127. The zero-order valence-corrected chi connectivity index (χ0v) is 12.0. The summed E-state index contributed by atoms with van der Waals surface area (Å²) in [6, 6.07) is 4.24. The van der Waals surface area contributed by atoms with Gasteiger partial charge in [-0.15, -0.1) is 0 Å². The summed E-state index contributed by atoms with van der Waals surface area (Å²) in [5.41, 5.74) is -0.129. The lowest BCUT2D eigenvalue weighted by Gasteiger charge is -2.43. The van der Waals surface area contributed by atoms with Crippen LogP contribution in [0.15, 0.2) is 22.8 Å². The molecule has 1 aromatic rings. The Labute approximate surface area is 115 Å². The molecule has 0 spiro atoms. The summed E-state index contributed by atoms with van der Waals surface area (Å²) in [7, 11) is 0. The Morgan fingerprint density at radius 1 is 1.37 bits per heavy atom. The molecule has 0 bridgehead atoms. The molecular weight excluding hydrogens is 242 g/mol. The van der Waals surface area contributed by atoms with E-state index in [2.05, 4.69) is 19.2 Å². The lowest BCUT2D eigenvalue weighted by atomic mass is 9.83. The van der Waals surface area contributed by atoms with Crippen molar-refractivity contribution in [2.24, 2.45) is 0 Å². The molecule has 0 saturated carbocycles. The Hall–Kier alpha value is -0.840. The van der Waals surface area contributed by atoms with Crippen molar-refractivity contribution >= 4 is 0 Å². The van der Waals surface area contributed by atoms with Gasteiger partial charge in [-0.2, -0.15) is 0 Å². The van der Waals surface area contributed by atoms with Crippen LogP contribution >= 0.6 is 0 Å². The third-order valence-corrected chi connectivity index (χ3v) is 3.84. The molecule has 4 nitrogen and oxygen atoms in total. The van der Waals surface area contributed by atoms with E-state index in [9.17, 15) is 0 Å². The van der Waals surface area contributed by atoms with Crippen molar-refractivity contribution in [1.82, 2.24) is 5.32 Å². The van der Waals surface area contributed by atoms with Gasteiger partial charge >= 0.3 is 0 Å². The average Bonchev–Trinajstić information content (AvgIpc) is 2.93. The third kappa shape index (κ3) is 3.59. The Morgan fingerprint density at radius 3 is 2.74 bits per heavy atom. The fourth-order valence-corrected chi connectivity index (χ4v) is 2.92. The van der Waals surface area contributed by atoms with Crippen LogP contribution in [0, 0.1) is 0 Å². The Morgan fingerprint density at radius 2 is 2.16 bits per heavy atom. The molecule has 1 aliphatic heterocycles. The second-order valence-electron chi connectivity index (χ2n) is 5.00. The fraction of sp³-hybridized carbons (Fsp3) is 0.733. The first-order chi connectivity index (χ1) is 9.30. The molecule has 1 unspecified atom stereocenters. The fourth-order valence-electron chi connectivity index (χ4n) is 2.92. The molecule has 2 rings (SSSR count). The van der Waals surface area contributed by atoms with Gasteiger partial charge in [0.05, 0.1) is 11.9 Å². The first-order valence-corrected chi connectivity index (χ1v) is 7.28. The molecule has 0 aliphatic carbocycles. The monoisotopic (exact) mass is 267 g/mol. The minimum Gasteiger partial charge on any atom is -0.469 e. The van der Waals surface area contributed by atoms with E-state index >= 15 is 0 Å². The van der Waals surface area contributed by atoms with Gasteiger partial charge in [0.15, 0.2) is 0 Å².